The zero-order chi connectivity index (χ0) is 11.6. The Labute approximate surface area is 94.6 Å². The van der Waals surface area contributed by atoms with Crippen LogP contribution in [0, 0.1) is 16.0 Å². The summed E-state index contributed by atoms with van der Waals surface area (Å²) in [4.78, 5) is 10.5. The van der Waals surface area contributed by atoms with Crippen LogP contribution in [0.4, 0.5) is 0 Å². The zero-order valence-electron chi connectivity index (χ0n) is 9.43. The maximum Gasteiger partial charge on any atom is 0.265 e. The van der Waals surface area contributed by atoms with Gasteiger partial charge in [0, 0.05) is 17.8 Å². The predicted molar refractivity (Wildman–Crippen MR) is 57.6 cm³/mol. The third-order valence-electron chi connectivity index (χ3n) is 3.25. The normalized spacial score (nSPS) is 39.6. The molecule has 0 bridgehead atoms. The maximum absolute atomic E-state index is 10.8. The summed E-state index contributed by atoms with van der Waals surface area (Å²) in [5.41, 5.74) is -1.08. The van der Waals surface area contributed by atoms with Gasteiger partial charge >= 0.3 is 0 Å². The summed E-state index contributed by atoms with van der Waals surface area (Å²) in [6.45, 7) is 1.85. The highest BCUT2D eigenvalue weighted by atomic mass is 16.7. The van der Waals surface area contributed by atoms with Crippen molar-refractivity contribution in [2.75, 3.05) is 13.2 Å². The van der Waals surface area contributed by atoms with Gasteiger partial charge in [-0.3, -0.25) is 10.1 Å². The van der Waals surface area contributed by atoms with Gasteiger partial charge in [0.05, 0.1) is 0 Å². The van der Waals surface area contributed by atoms with E-state index >= 15 is 0 Å². The first-order valence-electron chi connectivity index (χ1n) is 5.64. The van der Waals surface area contributed by atoms with Gasteiger partial charge in [-0.25, -0.2) is 0 Å². The third-order valence-corrected chi connectivity index (χ3v) is 3.25. The molecule has 2 rings (SSSR count). The highest BCUT2D eigenvalue weighted by molar-refractivity contribution is 4.92. The molecule has 1 atom stereocenters. The van der Waals surface area contributed by atoms with Crippen LogP contribution in [-0.4, -0.2) is 30.0 Å². The summed E-state index contributed by atoms with van der Waals surface area (Å²) in [6.07, 6.45) is 7.04. The first kappa shape index (κ1) is 11.5. The molecule has 5 heteroatoms. The van der Waals surface area contributed by atoms with Crippen LogP contribution in [0.3, 0.4) is 0 Å². The van der Waals surface area contributed by atoms with Gasteiger partial charge in [-0.15, -0.1) is 0 Å². The van der Waals surface area contributed by atoms with E-state index in [1.54, 1.807) is 6.92 Å². The molecule has 0 saturated carbocycles. The van der Waals surface area contributed by atoms with Gasteiger partial charge in [0.1, 0.15) is 13.2 Å². The standard InChI is InChI=1S/C11H17NO4/c1-11(12(13)14)7-15-10(16-8-11)9-5-3-2-4-6-9/h2-3,9-10H,4-8H2,1H3/t9-,10?,11?/m0/s1. The Hall–Kier alpha value is -0.940. The summed E-state index contributed by atoms with van der Waals surface area (Å²) < 4.78 is 11.0. The minimum absolute atomic E-state index is 0.144. The number of nitrogens with zero attached hydrogens (tertiary/aromatic N) is 1. The molecule has 0 radical (unpaired) electrons. The summed E-state index contributed by atoms with van der Waals surface area (Å²) in [5, 5.41) is 10.8. The second-order valence-corrected chi connectivity index (χ2v) is 4.79. The van der Waals surface area contributed by atoms with E-state index in [0.29, 0.717) is 5.92 Å². The molecule has 90 valence electrons. The van der Waals surface area contributed by atoms with Crippen LogP contribution < -0.4 is 0 Å². The van der Waals surface area contributed by atoms with Gasteiger partial charge in [0.15, 0.2) is 6.29 Å². The van der Waals surface area contributed by atoms with Crippen molar-refractivity contribution in [2.24, 2.45) is 5.92 Å². The van der Waals surface area contributed by atoms with E-state index in [2.05, 4.69) is 12.2 Å². The fraction of sp³-hybridized carbons (Fsp3) is 0.818. The molecule has 0 N–H and O–H groups in total. The van der Waals surface area contributed by atoms with Crippen molar-refractivity contribution in [3.05, 3.63) is 22.3 Å². The molecule has 1 fully saturated rings. The number of nitro groups is 1. The predicted octanol–water partition coefficient (Wildman–Crippen LogP) is 1.75. The maximum atomic E-state index is 10.8. The Balaban J connectivity index is 1.89. The van der Waals surface area contributed by atoms with Crippen LogP contribution in [0.1, 0.15) is 26.2 Å². The summed E-state index contributed by atoms with van der Waals surface area (Å²) in [5.74, 6) is 0.348. The molecule has 0 unspecified atom stereocenters. The molecule has 1 saturated heterocycles. The first-order valence-corrected chi connectivity index (χ1v) is 5.64. The lowest BCUT2D eigenvalue weighted by Gasteiger charge is -2.35. The second kappa shape index (κ2) is 4.51. The van der Waals surface area contributed by atoms with Gasteiger partial charge in [-0.1, -0.05) is 12.2 Å². The Morgan fingerprint density at radius 2 is 2.06 bits per heavy atom. The fourth-order valence-corrected chi connectivity index (χ4v) is 2.05. The Morgan fingerprint density at radius 3 is 2.56 bits per heavy atom. The van der Waals surface area contributed by atoms with Crippen molar-refractivity contribution < 1.29 is 14.4 Å². The lowest BCUT2D eigenvalue weighted by Crippen LogP contribution is -2.52. The van der Waals surface area contributed by atoms with Crippen molar-refractivity contribution in [3.63, 3.8) is 0 Å². The quantitative estimate of drug-likeness (QED) is 0.409. The molecule has 0 aromatic carbocycles. The average Bonchev–Trinajstić information content (AvgIpc) is 2.31. The number of allylic oxidation sites excluding steroid dienone is 2. The molecule has 16 heavy (non-hydrogen) atoms. The Bertz CT molecular complexity index is 294. The smallest absolute Gasteiger partial charge is 0.265 e. The average molecular weight is 227 g/mol. The van der Waals surface area contributed by atoms with Crippen LogP contribution in [-0.2, 0) is 9.47 Å². The molecular weight excluding hydrogens is 210 g/mol. The van der Waals surface area contributed by atoms with E-state index in [-0.39, 0.29) is 24.4 Å². The minimum atomic E-state index is -1.08. The Kier molecular flexibility index (Phi) is 3.25. The highest BCUT2D eigenvalue weighted by Gasteiger charge is 2.44. The molecule has 5 nitrogen and oxygen atoms in total. The molecule has 1 aliphatic heterocycles. The molecule has 1 heterocycles. The van der Waals surface area contributed by atoms with Crippen LogP contribution in [0.25, 0.3) is 0 Å². The van der Waals surface area contributed by atoms with Gasteiger partial charge in [-0.2, -0.15) is 0 Å². The monoisotopic (exact) mass is 227 g/mol. The van der Waals surface area contributed by atoms with Crippen molar-refractivity contribution in [1.29, 1.82) is 0 Å². The number of hydrogen-bond donors (Lipinski definition) is 0. The first-order chi connectivity index (χ1) is 7.62. The van der Waals surface area contributed by atoms with Gasteiger partial charge in [0.25, 0.3) is 5.54 Å². The molecule has 0 spiro atoms. The van der Waals surface area contributed by atoms with Crippen molar-refractivity contribution in [3.8, 4) is 0 Å². The zero-order valence-corrected chi connectivity index (χ0v) is 9.43. The highest BCUT2D eigenvalue weighted by Crippen LogP contribution is 2.29. The fourth-order valence-electron chi connectivity index (χ4n) is 2.05. The minimum Gasteiger partial charge on any atom is -0.345 e. The SMILES string of the molecule is CC1([N+](=O)[O-])COC([C@H]2CC=CCC2)OC1. The molecule has 0 aromatic heterocycles. The van der Waals surface area contributed by atoms with Gasteiger partial charge in [0.2, 0.25) is 0 Å². The number of hydrogen-bond acceptors (Lipinski definition) is 4. The van der Waals surface area contributed by atoms with E-state index in [4.69, 9.17) is 9.47 Å². The van der Waals surface area contributed by atoms with E-state index in [0.717, 1.165) is 19.3 Å². The van der Waals surface area contributed by atoms with Gasteiger partial charge in [-0.05, 0) is 19.3 Å². The van der Waals surface area contributed by atoms with E-state index in [1.807, 2.05) is 0 Å². The van der Waals surface area contributed by atoms with Crippen molar-refractivity contribution >= 4 is 0 Å². The summed E-state index contributed by atoms with van der Waals surface area (Å²) >= 11 is 0. The largest absolute Gasteiger partial charge is 0.345 e. The lowest BCUT2D eigenvalue weighted by atomic mass is 9.93. The van der Waals surface area contributed by atoms with Crippen molar-refractivity contribution in [1.82, 2.24) is 0 Å². The van der Waals surface area contributed by atoms with Crippen LogP contribution in [0.5, 0.6) is 0 Å². The third kappa shape index (κ3) is 2.25. The second-order valence-electron chi connectivity index (χ2n) is 4.79. The Morgan fingerprint density at radius 1 is 1.38 bits per heavy atom. The molecule has 2 aliphatic rings. The van der Waals surface area contributed by atoms with Gasteiger partial charge < -0.3 is 9.47 Å². The number of rotatable bonds is 2. The molecule has 1 aliphatic carbocycles. The van der Waals surface area contributed by atoms with E-state index < -0.39 is 5.54 Å². The van der Waals surface area contributed by atoms with E-state index in [1.165, 1.54) is 0 Å². The van der Waals surface area contributed by atoms with Crippen LogP contribution >= 0.6 is 0 Å². The summed E-state index contributed by atoms with van der Waals surface area (Å²) in [7, 11) is 0. The topological polar surface area (TPSA) is 61.6 Å². The number of ether oxygens (including phenoxy) is 2. The molecular formula is C11H17NO4. The lowest BCUT2D eigenvalue weighted by molar-refractivity contribution is -0.587. The summed E-state index contributed by atoms with van der Waals surface area (Å²) in [6, 6.07) is 0. The van der Waals surface area contributed by atoms with Crippen LogP contribution in [0.15, 0.2) is 12.2 Å². The molecule has 0 aromatic rings. The van der Waals surface area contributed by atoms with E-state index in [9.17, 15) is 10.1 Å². The van der Waals surface area contributed by atoms with Crippen molar-refractivity contribution in [2.45, 2.75) is 38.0 Å². The molecule has 0 amide bonds. The van der Waals surface area contributed by atoms with Crippen LogP contribution in [0.2, 0.25) is 0 Å².